The molecule has 0 aliphatic carbocycles. The highest BCUT2D eigenvalue weighted by molar-refractivity contribution is 6.08. The first-order chi connectivity index (χ1) is 4.83. The van der Waals surface area contributed by atoms with Gasteiger partial charge in [-0.15, -0.1) is 0 Å². The summed E-state index contributed by atoms with van der Waals surface area (Å²) in [6.07, 6.45) is 6.91. The van der Waals surface area contributed by atoms with Crippen LogP contribution in [0.5, 0.6) is 0 Å². The maximum atomic E-state index is 2.23. The van der Waals surface area contributed by atoms with Crippen LogP contribution in [0, 0.1) is 0 Å². The largest absolute Gasteiger partial charge is 0.0659 e. The second kappa shape index (κ2) is 16.1. The second-order valence-electron chi connectivity index (χ2n) is 2.71. The molecule has 0 spiro atoms. The van der Waals surface area contributed by atoms with Gasteiger partial charge in [-0.3, -0.25) is 0 Å². The average Bonchev–Trinajstić information content (AvgIpc) is 1.93. The van der Waals surface area contributed by atoms with Crippen LogP contribution in [0.15, 0.2) is 0 Å². The SMILES string of the molecule is CCCCC.CCCC[SiH3]. The van der Waals surface area contributed by atoms with E-state index < -0.39 is 0 Å². The lowest BCUT2D eigenvalue weighted by Gasteiger charge is -1.79. The van der Waals surface area contributed by atoms with Crippen LogP contribution in [-0.4, -0.2) is 10.2 Å². The molecule has 0 heterocycles. The van der Waals surface area contributed by atoms with Crippen molar-refractivity contribution in [3.63, 3.8) is 0 Å². The second-order valence-corrected chi connectivity index (χ2v) is 3.71. The zero-order chi connectivity index (χ0) is 8.24. The Bertz CT molecular complexity index is 25.7. The first kappa shape index (κ1) is 12.9. The van der Waals surface area contributed by atoms with Gasteiger partial charge < -0.3 is 0 Å². The van der Waals surface area contributed by atoms with Gasteiger partial charge in [0.1, 0.15) is 0 Å². The Morgan fingerprint density at radius 3 is 1.20 bits per heavy atom. The Morgan fingerprint density at radius 1 is 0.800 bits per heavy atom. The quantitative estimate of drug-likeness (QED) is 0.555. The molecular weight excluding hydrogens is 136 g/mol. The van der Waals surface area contributed by atoms with Crippen molar-refractivity contribution in [3.8, 4) is 0 Å². The Morgan fingerprint density at radius 2 is 1.20 bits per heavy atom. The Hall–Kier alpha value is 0.217. The monoisotopic (exact) mass is 160 g/mol. The topological polar surface area (TPSA) is 0 Å². The maximum absolute atomic E-state index is 2.23. The minimum absolute atomic E-state index is 1.34. The summed E-state index contributed by atoms with van der Waals surface area (Å²) in [6, 6.07) is 1.48. The van der Waals surface area contributed by atoms with Crippen LogP contribution < -0.4 is 0 Å². The predicted octanol–water partition coefficient (Wildman–Crippen LogP) is 2.77. The Labute approximate surface area is 69.8 Å². The number of hydrogen-bond donors (Lipinski definition) is 0. The van der Waals surface area contributed by atoms with Gasteiger partial charge in [0.25, 0.3) is 0 Å². The van der Waals surface area contributed by atoms with Crippen LogP contribution in [-0.2, 0) is 0 Å². The molecule has 0 aliphatic rings. The van der Waals surface area contributed by atoms with Crippen molar-refractivity contribution in [1.29, 1.82) is 0 Å². The summed E-state index contributed by atoms with van der Waals surface area (Å²) in [4.78, 5) is 0. The van der Waals surface area contributed by atoms with Crippen LogP contribution in [0.2, 0.25) is 6.04 Å². The minimum atomic E-state index is 1.34. The maximum Gasteiger partial charge on any atom is 0.00279 e. The normalized spacial score (nSPS) is 8.70. The van der Waals surface area contributed by atoms with E-state index in [0.29, 0.717) is 0 Å². The third-order valence-electron chi connectivity index (χ3n) is 1.41. The van der Waals surface area contributed by atoms with E-state index in [9.17, 15) is 0 Å². The lowest BCUT2D eigenvalue weighted by Crippen LogP contribution is -1.63. The van der Waals surface area contributed by atoms with Crippen molar-refractivity contribution in [1.82, 2.24) is 0 Å². The van der Waals surface area contributed by atoms with Gasteiger partial charge in [-0.1, -0.05) is 58.9 Å². The summed E-state index contributed by atoms with van der Waals surface area (Å²) >= 11 is 0. The third-order valence-corrected chi connectivity index (χ3v) is 2.12. The molecule has 0 aromatic rings. The molecule has 0 bridgehead atoms. The summed E-state index contributed by atoms with van der Waals surface area (Å²) in [6.45, 7) is 6.66. The summed E-state index contributed by atoms with van der Waals surface area (Å²) in [5.74, 6) is 0. The molecular formula is C9H24Si. The smallest absolute Gasteiger partial charge is 0.00279 e. The molecule has 0 aromatic carbocycles. The van der Waals surface area contributed by atoms with Crippen molar-refractivity contribution in [2.75, 3.05) is 0 Å². The first-order valence-electron chi connectivity index (χ1n) is 4.83. The van der Waals surface area contributed by atoms with Crippen LogP contribution >= 0.6 is 0 Å². The number of rotatable bonds is 4. The molecule has 0 radical (unpaired) electrons. The highest BCUT2D eigenvalue weighted by Gasteiger charge is 1.68. The van der Waals surface area contributed by atoms with Crippen molar-refractivity contribution < 1.29 is 0 Å². The molecule has 0 saturated carbocycles. The molecule has 0 saturated heterocycles. The van der Waals surface area contributed by atoms with Crippen LogP contribution in [0.3, 0.4) is 0 Å². The molecule has 0 aliphatic heterocycles. The van der Waals surface area contributed by atoms with E-state index in [0.717, 1.165) is 0 Å². The van der Waals surface area contributed by atoms with E-state index in [1.54, 1.807) is 0 Å². The molecule has 64 valence electrons. The molecule has 0 aromatic heterocycles. The van der Waals surface area contributed by atoms with E-state index in [1.807, 2.05) is 0 Å². The fraction of sp³-hybridized carbons (Fsp3) is 1.00. The number of hydrogen-bond acceptors (Lipinski definition) is 0. The molecule has 0 fully saturated rings. The number of unbranched alkanes of at least 4 members (excludes halogenated alkanes) is 3. The molecule has 1 heteroatoms. The van der Waals surface area contributed by atoms with Gasteiger partial charge in [0.15, 0.2) is 0 Å². The molecule has 10 heavy (non-hydrogen) atoms. The Kier molecular flexibility index (Phi) is 20.7. The van der Waals surface area contributed by atoms with E-state index in [4.69, 9.17) is 0 Å². The third kappa shape index (κ3) is 24.1. The average molecular weight is 160 g/mol. The summed E-state index contributed by atoms with van der Waals surface area (Å²) in [5.41, 5.74) is 0. The van der Waals surface area contributed by atoms with Gasteiger partial charge in [-0.05, 0) is 0 Å². The summed E-state index contributed by atoms with van der Waals surface area (Å²) < 4.78 is 0. The van der Waals surface area contributed by atoms with Crippen LogP contribution in [0.4, 0.5) is 0 Å². The molecule has 0 atom stereocenters. The predicted molar refractivity (Wildman–Crippen MR) is 54.9 cm³/mol. The van der Waals surface area contributed by atoms with Gasteiger partial charge in [-0.25, -0.2) is 0 Å². The molecule has 0 N–H and O–H groups in total. The van der Waals surface area contributed by atoms with Gasteiger partial charge in [0, 0.05) is 10.2 Å². The zero-order valence-electron chi connectivity index (χ0n) is 8.24. The van der Waals surface area contributed by atoms with Gasteiger partial charge >= 0.3 is 0 Å². The molecule has 0 amide bonds. The summed E-state index contributed by atoms with van der Waals surface area (Å²) in [7, 11) is 1.40. The van der Waals surface area contributed by atoms with Crippen LogP contribution in [0.1, 0.15) is 52.9 Å². The fourth-order valence-corrected chi connectivity index (χ4v) is 1.41. The zero-order valence-corrected chi connectivity index (χ0v) is 10.2. The van der Waals surface area contributed by atoms with Gasteiger partial charge in [-0.2, -0.15) is 0 Å². The Balaban J connectivity index is 0. The minimum Gasteiger partial charge on any atom is -0.0659 e. The van der Waals surface area contributed by atoms with Crippen molar-refractivity contribution in [2.24, 2.45) is 0 Å². The van der Waals surface area contributed by atoms with Gasteiger partial charge in [0.2, 0.25) is 0 Å². The van der Waals surface area contributed by atoms with Crippen molar-refractivity contribution in [2.45, 2.75) is 58.9 Å². The summed E-state index contributed by atoms with van der Waals surface area (Å²) in [5, 5.41) is 0. The van der Waals surface area contributed by atoms with Crippen LogP contribution in [0.25, 0.3) is 0 Å². The van der Waals surface area contributed by atoms with E-state index in [1.165, 1.54) is 48.4 Å². The van der Waals surface area contributed by atoms with E-state index in [2.05, 4.69) is 20.8 Å². The molecule has 0 rings (SSSR count). The lowest BCUT2D eigenvalue weighted by molar-refractivity contribution is 0.772. The fourth-order valence-electron chi connectivity index (χ4n) is 0.707. The molecule has 0 nitrogen and oxygen atoms in total. The van der Waals surface area contributed by atoms with Crippen molar-refractivity contribution >= 4 is 10.2 Å². The van der Waals surface area contributed by atoms with E-state index in [-0.39, 0.29) is 0 Å². The van der Waals surface area contributed by atoms with E-state index >= 15 is 0 Å². The lowest BCUT2D eigenvalue weighted by atomic mass is 10.3. The van der Waals surface area contributed by atoms with Crippen molar-refractivity contribution in [3.05, 3.63) is 0 Å². The highest BCUT2D eigenvalue weighted by Crippen LogP contribution is 1.88. The molecule has 0 unspecified atom stereocenters. The van der Waals surface area contributed by atoms with Gasteiger partial charge in [0.05, 0.1) is 0 Å². The highest BCUT2D eigenvalue weighted by atomic mass is 28.1. The standard InChI is InChI=1S/C5H12.C4H12Si/c1-3-5-4-2;1-2-3-4-5/h3-5H2,1-2H3;2-4H2,1,5H3. The first-order valence-corrected chi connectivity index (χ1v) is 6.24.